The Bertz CT molecular complexity index is 590. The van der Waals surface area contributed by atoms with E-state index in [1.165, 1.54) is 0 Å². The molecule has 0 aliphatic rings. The van der Waals surface area contributed by atoms with Crippen LogP contribution in [0.2, 0.25) is 0 Å². The van der Waals surface area contributed by atoms with Crippen molar-refractivity contribution >= 4 is 28.6 Å². The predicted octanol–water partition coefficient (Wildman–Crippen LogP) is 2.75. The van der Waals surface area contributed by atoms with E-state index in [4.69, 9.17) is 4.74 Å². The fourth-order valence-corrected chi connectivity index (χ4v) is 1.97. The first-order valence-electron chi connectivity index (χ1n) is 5.88. The second-order valence-electron chi connectivity index (χ2n) is 4.37. The van der Waals surface area contributed by atoms with Crippen molar-refractivity contribution in [3.8, 4) is 5.69 Å². The summed E-state index contributed by atoms with van der Waals surface area (Å²) in [6, 6.07) is 7.81. The van der Waals surface area contributed by atoms with E-state index in [0.29, 0.717) is 5.69 Å². The Labute approximate surface area is 125 Å². The normalized spacial score (nSPS) is 10.8. The van der Waals surface area contributed by atoms with Crippen LogP contribution in [0.5, 0.6) is 0 Å². The quantitative estimate of drug-likeness (QED) is 0.615. The number of rotatable bonds is 3. The molecule has 0 spiro atoms. The fourth-order valence-electron chi connectivity index (χ4n) is 1.62. The Morgan fingerprint density at radius 1 is 1.32 bits per heavy atom. The fraction of sp³-hybridized carbons (Fsp3) is 0.308. The summed E-state index contributed by atoms with van der Waals surface area (Å²) in [6.45, 7) is 5.41. The highest BCUT2D eigenvalue weighted by molar-refractivity contribution is 14.1. The number of carbonyl (C=O) groups excluding carboxylic acids is 1. The molecule has 6 heteroatoms. The largest absolute Gasteiger partial charge is 0.458 e. The van der Waals surface area contributed by atoms with Gasteiger partial charge >= 0.3 is 5.97 Å². The van der Waals surface area contributed by atoms with Gasteiger partial charge in [0.25, 0.3) is 0 Å². The topological polar surface area (TPSA) is 57.0 Å². The molecule has 0 aliphatic carbocycles. The molecule has 100 valence electrons. The summed E-state index contributed by atoms with van der Waals surface area (Å²) in [4.78, 5) is 11.8. The van der Waals surface area contributed by atoms with Gasteiger partial charge in [0.15, 0.2) is 5.69 Å². The van der Waals surface area contributed by atoms with Crippen molar-refractivity contribution in [1.29, 1.82) is 0 Å². The summed E-state index contributed by atoms with van der Waals surface area (Å²) >= 11 is 2.23. The number of hydrogen-bond donors (Lipinski definition) is 0. The maximum atomic E-state index is 11.8. The smallest absolute Gasteiger partial charge is 0.361 e. The minimum absolute atomic E-state index is 0.171. The molecule has 2 aromatic rings. The zero-order valence-electron chi connectivity index (χ0n) is 10.9. The van der Waals surface area contributed by atoms with E-state index >= 15 is 0 Å². The van der Waals surface area contributed by atoms with Crippen LogP contribution in [0.1, 0.15) is 30.0 Å². The van der Waals surface area contributed by atoms with Crippen molar-refractivity contribution in [3.05, 3.63) is 39.2 Å². The molecule has 19 heavy (non-hydrogen) atoms. The van der Waals surface area contributed by atoms with E-state index in [9.17, 15) is 4.79 Å². The summed E-state index contributed by atoms with van der Waals surface area (Å²) in [5.74, 6) is -0.440. The molecular weight excluding hydrogens is 357 g/mol. The molecule has 5 nitrogen and oxygen atoms in total. The lowest BCUT2D eigenvalue weighted by atomic mass is 10.3. The number of ether oxygens (including phenoxy) is 1. The summed E-state index contributed by atoms with van der Waals surface area (Å²) in [7, 11) is 0. The Balaban J connectivity index is 2.32. The van der Waals surface area contributed by atoms with Crippen LogP contribution in [0.4, 0.5) is 0 Å². The van der Waals surface area contributed by atoms with Gasteiger partial charge in [0, 0.05) is 3.57 Å². The third kappa shape index (κ3) is 3.12. The van der Waals surface area contributed by atoms with Crippen LogP contribution in [0.25, 0.3) is 5.69 Å². The first-order valence-corrected chi connectivity index (χ1v) is 6.96. The molecule has 2 rings (SSSR count). The number of carbonyl (C=O) groups is 1. The summed E-state index contributed by atoms with van der Waals surface area (Å²) in [5, 5.41) is 7.91. The number of aromatic nitrogens is 3. The van der Waals surface area contributed by atoms with Crippen LogP contribution in [-0.4, -0.2) is 27.1 Å². The Kier molecular flexibility index (Phi) is 4.18. The molecule has 0 aliphatic heterocycles. The number of halogens is 1. The van der Waals surface area contributed by atoms with Crippen LogP contribution in [0.3, 0.4) is 0 Å². The van der Waals surface area contributed by atoms with Gasteiger partial charge in [-0.1, -0.05) is 5.21 Å². The van der Waals surface area contributed by atoms with E-state index in [1.54, 1.807) is 25.5 Å². The van der Waals surface area contributed by atoms with E-state index < -0.39 is 5.97 Å². The molecule has 0 bridgehead atoms. The summed E-state index contributed by atoms with van der Waals surface area (Å²) < 4.78 is 7.90. The molecule has 0 N–H and O–H groups in total. The van der Waals surface area contributed by atoms with Gasteiger partial charge in [-0.25, -0.2) is 9.48 Å². The van der Waals surface area contributed by atoms with Gasteiger partial charge in [0.05, 0.1) is 17.5 Å². The second-order valence-corrected chi connectivity index (χ2v) is 5.61. The maximum absolute atomic E-state index is 11.8. The van der Waals surface area contributed by atoms with Crippen molar-refractivity contribution in [2.24, 2.45) is 0 Å². The van der Waals surface area contributed by atoms with Crippen molar-refractivity contribution < 1.29 is 9.53 Å². The molecule has 0 unspecified atom stereocenters. The number of hydrogen-bond acceptors (Lipinski definition) is 4. The zero-order chi connectivity index (χ0) is 14.0. The third-order valence-corrected chi connectivity index (χ3v) is 3.22. The van der Waals surface area contributed by atoms with E-state index in [-0.39, 0.29) is 11.8 Å². The average molecular weight is 371 g/mol. The first-order chi connectivity index (χ1) is 8.99. The van der Waals surface area contributed by atoms with Crippen molar-refractivity contribution in [2.75, 3.05) is 0 Å². The van der Waals surface area contributed by atoms with Gasteiger partial charge in [-0.3, -0.25) is 0 Å². The van der Waals surface area contributed by atoms with Crippen LogP contribution in [0, 0.1) is 10.5 Å². The van der Waals surface area contributed by atoms with Gasteiger partial charge in [-0.05, 0) is 67.6 Å². The van der Waals surface area contributed by atoms with Crippen LogP contribution in [0.15, 0.2) is 24.3 Å². The standard InChI is InChI=1S/C13H14IN3O2/c1-8(2)19-13(18)12-9(3)17(16-15-12)11-6-4-10(14)5-7-11/h4-8H,1-3H3. The van der Waals surface area contributed by atoms with Crippen LogP contribution >= 0.6 is 22.6 Å². The molecule has 1 heterocycles. The van der Waals surface area contributed by atoms with Gasteiger partial charge in [0.2, 0.25) is 0 Å². The number of esters is 1. The van der Waals surface area contributed by atoms with E-state index in [2.05, 4.69) is 32.9 Å². The molecular formula is C13H14IN3O2. The van der Waals surface area contributed by atoms with E-state index in [0.717, 1.165) is 9.26 Å². The lowest BCUT2D eigenvalue weighted by molar-refractivity contribution is 0.0370. The third-order valence-electron chi connectivity index (χ3n) is 2.50. The molecule has 0 fully saturated rings. The molecule has 1 aromatic carbocycles. The molecule has 0 radical (unpaired) electrons. The predicted molar refractivity (Wildman–Crippen MR) is 79.4 cm³/mol. The van der Waals surface area contributed by atoms with Gasteiger partial charge in [-0.2, -0.15) is 0 Å². The minimum Gasteiger partial charge on any atom is -0.458 e. The molecule has 0 amide bonds. The van der Waals surface area contributed by atoms with E-state index in [1.807, 2.05) is 24.3 Å². The summed E-state index contributed by atoms with van der Waals surface area (Å²) in [6.07, 6.45) is -0.171. The Morgan fingerprint density at radius 2 is 1.95 bits per heavy atom. The average Bonchev–Trinajstić information content (AvgIpc) is 2.71. The Morgan fingerprint density at radius 3 is 2.53 bits per heavy atom. The van der Waals surface area contributed by atoms with Crippen molar-refractivity contribution in [1.82, 2.24) is 15.0 Å². The minimum atomic E-state index is -0.440. The van der Waals surface area contributed by atoms with Crippen molar-refractivity contribution in [2.45, 2.75) is 26.9 Å². The van der Waals surface area contributed by atoms with Crippen LogP contribution in [-0.2, 0) is 4.74 Å². The monoisotopic (exact) mass is 371 g/mol. The zero-order valence-corrected chi connectivity index (χ0v) is 13.1. The highest BCUT2D eigenvalue weighted by atomic mass is 127. The second kappa shape index (κ2) is 5.68. The molecule has 0 saturated carbocycles. The van der Waals surface area contributed by atoms with Gasteiger partial charge in [-0.15, -0.1) is 5.10 Å². The van der Waals surface area contributed by atoms with Crippen molar-refractivity contribution in [3.63, 3.8) is 0 Å². The Hall–Kier alpha value is -1.44. The highest BCUT2D eigenvalue weighted by Gasteiger charge is 2.19. The SMILES string of the molecule is Cc1c(C(=O)OC(C)C)nnn1-c1ccc(I)cc1. The highest BCUT2D eigenvalue weighted by Crippen LogP contribution is 2.15. The summed E-state index contributed by atoms with van der Waals surface area (Å²) in [5.41, 5.74) is 1.80. The van der Waals surface area contributed by atoms with Crippen LogP contribution < -0.4 is 0 Å². The molecule has 1 aromatic heterocycles. The lowest BCUT2D eigenvalue weighted by Crippen LogP contribution is -2.13. The van der Waals surface area contributed by atoms with Gasteiger partial charge < -0.3 is 4.74 Å². The lowest BCUT2D eigenvalue weighted by Gasteiger charge is -2.06. The molecule has 0 saturated heterocycles. The maximum Gasteiger partial charge on any atom is 0.361 e. The first kappa shape index (κ1) is 14.0. The number of nitrogens with zero attached hydrogens (tertiary/aromatic N) is 3. The van der Waals surface area contributed by atoms with Gasteiger partial charge in [0.1, 0.15) is 0 Å². The number of benzene rings is 1. The molecule has 0 atom stereocenters.